The molecule has 0 atom stereocenters. The second-order valence-corrected chi connectivity index (χ2v) is 7.14. The predicted octanol–water partition coefficient (Wildman–Crippen LogP) is 6.94. The molecular formula is C26H36O2. The Balaban J connectivity index is 1.90. The van der Waals surface area contributed by atoms with Gasteiger partial charge in [-0.25, -0.2) is 4.79 Å². The highest BCUT2D eigenvalue weighted by Crippen LogP contribution is 2.11. The summed E-state index contributed by atoms with van der Waals surface area (Å²) >= 11 is 0. The zero-order valence-electron chi connectivity index (χ0n) is 17.6. The summed E-state index contributed by atoms with van der Waals surface area (Å²) in [5.41, 5.74) is 0.589. The molecule has 28 heavy (non-hydrogen) atoms. The van der Waals surface area contributed by atoms with Gasteiger partial charge in [-0.2, -0.15) is 0 Å². The fourth-order valence-corrected chi connectivity index (χ4v) is 2.90. The summed E-state index contributed by atoms with van der Waals surface area (Å²) in [6.45, 7) is 2.66. The first kappa shape index (κ1) is 23.8. The zero-order valence-corrected chi connectivity index (χ0v) is 17.6. The van der Waals surface area contributed by atoms with E-state index in [4.69, 9.17) is 4.74 Å². The molecule has 0 aromatic heterocycles. The lowest BCUT2D eigenvalue weighted by Crippen LogP contribution is -2.05. The number of hydrogen-bond donors (Lipinski definition) is 0. The minimum atomic E-state index is -0.273. The number of benzene rings is 1. The number of ether oxygens (including phenoxy) is 1. The molecule has 0 heterocycles. The summed E-state index contributed by atoms with van der Waals surface area (Å²) in [6, 6.07) is 9.05. The lowest BCUT2D eigenvalue weighted by atomic mass is 10.1. The quantitative estimate of drug-likeness (QED) is 0.198. The molecule has 0 amide bonds. The minimum Gasteiger partial charge on any atom is -0.462 e. The predicted molar refractivity (Wildman–Crippen MR) is 118 cm³/mol. The van der Waals surface area contributed by atoms with E-state index in [0.29, 0.717) is 18.6 Å². The van der Waals surface area contributed by atoms with Gasteiger partial charge < -0.3 is 4.74 Å². The van der Waals surface area contributed by atoms with E-state index >= 15 is 0 Å². The van der Waals surface area contributed by atoms with Crippen LogP contribution in [0.1, 0.15) is 101 Å². The summed E-state index contributed by atoms with van der Waals surface area (Å²) in [4.78, 5) is 11.7. The molecule has 0 radical (unpaired) electrons. The Morgan fingerprint density at radius 2 is 1.29 bits per heavy atom. The summed E-state index contributed by atoms with van der Waals surface area (Å²) in [6.07, 6.45) is 15.9. The number of carbonyl (C=O) groups excluding carboxylic acids is 1. The van der Waals surface area contributed by atoms with Gasteiger partial charge in [0.1, 0.15) is 0 Å². The summed E-state index contributed by atoms with van der Waals surface area (Å²) in [5, 5.41) is 0. The van der Waals surface area contributed by atoms with Crippen molar-refractivity contribution in [2.45, 2.75) is 90.4 Å². The Labute approximate surface area is 172 Å². The lowest BCUT2D eigenvalue weighted by molar-refractivity contribution is 0.0502. The molecule has 0 aliphatic rings. The molecule has 0 saturated carbocycles. The summed E-state index contributed by atoms with van der Waals surface area (Å²) in [7, 11) is 0. The van der Waals surface area contributed by atoms with Crippen molar-refractivity contribution < 1.29 is 9.53 Å². The van der Waals surface area contributed by atoms with Crippen molar-refractivity contribution in [3.05, 3.63) is 35.9 Å². The maximum Gasteiger partial charge on any atom is 0.338 e. The molecule has 0 fully saturated rings. The Bertz CT molecular complexity index is 625. The Hall–Kier alpha value is -2.19. The number of carbonyl (C=O) groups is 1. The van der Waals surface area contributed by atoms with Crippen molar-refractivity contribution in [3.63, 3.8) is 0 Å². The van der Waals surface area contributed by atoms with E-state index in [9.17, 15) is 4.79 Å². The van der Waals surface area contributed by atoms with Crippen molar-refractivity contribution in [2.24, 2.45) is 0 Å². The molecule has 0 aliphatic heterocycles. The average Bonchev–Trinajstić information content (AvgIpc) is 2.73. The second-order valence-electron chi connectivity index (χ2n) is 7.14. The van der Waals surface area contributed by atoms with Crippen LogP contribution in [0, 0.1) is 23.7 Å². The van der Waals surface area contributed by atoms with Gasteiger partial charge in [-0.15, -0.1) is 0 Å². The maximum absolute atomic E-state index is 11.7. The first-order valence-corrected chi connectivity index (χ1v) is 11.0. The molecule has 152 valence electrons. The van der Waals surface area contributed by atoms with Gasteiger partial charge in [0.05, 0.1) is 12.2 Å². The van der Waals surface area contributed by atoms with Crippen molar-refractivity contribution in [3.8, 4) is 23.7 Å². The van der Waals surface area contributed by atoms with Gasteiger partial charge in [0, 0.05) is 12.8 Å². The smallest absolute Gasteiger partial charge is 0.338 e. The van der Waals surface area contributed by atoms with Crippen LogP contribution in [0.4, 0.5) is 0 Å². The third-order valence-corrected chi connectivity index (χ3v) is 4.58. The number of rotatable bonds is 14. The zero-order chi connectivity index (χ0) is 20.1. The molecule has 0 N–H and O–H groups in total. The SMILES string of the molecule is CCCCCCCCCCCCC#CC#CCCCOC(=O)c1ccccc1. The highest BCUT2D eigenvalue weighted by atomic mass is 16.5. The van der Waals surface area contributed by atoms with Gasteiger partial charge in [-0.3, -0.25) is 0 Å². The van der Waals surface area contributed by atoms with E-state index in [2.05, 4.69) is 30.6 Å². The minimum absolute atomic E-state index is 0.273. The van der Waals surface area contributed by atoms with Crippen LogP contribution < -0.4 is 0 Å². The van der Waals surface area contributed by atoms with E-state index in [1.807, 2.05) is 18.2 Å². The van der Waals surface area contributed by atoms with Crippen LogP contribution in [-0.4, -0.2) is 12.6 Å². The third-order valence-electron chi connectivity index (χ3n) is 4.58. The number of unbranched alkanes of at least 4 members (excludes halogenated alkanes) is 11. The molecule has 0 saturated heterocycles. The molecule has 0 unspecified atom stereocenters. The first-order chi connectivity index (χ1) is 13.8. The lowest BCUT2D eigenvalue weighted by Gasteiger charge is -2.02. The van der Waals surface area contributed by atoms with E-state index in [1.165, 1.54) is 64.2 Å². The molecule has 1 aromatic rings. The van der Waals surface area contributed by atoms with Crippen LogP contribution in [0.25, 0.3) is 0 Å². The highest BCUT2D eigenvalue weighted by molar-refractivity contribution is 5.89. The summed E-state index contributed by atoms with van der Waals surface area (Å²) < 4.78 is 5.21. The number of hydrogen-bond acceptors (Lipinski definition) is 2. The summed E-state index contributed by atoms with van der Waals surface area (Å²) in [5.74, 6) is 11.7. The van der Waals surface area contributed by atoms with Crippen LogP contribution in [0.15, 0.2) is 30.3 Å². The highest BCUT2D eigenvalue weighted by Gasteiger charge is 2.04. The van der Waals surface area contributed by atoms with Crippen LogP contribution in [0.5, 0.6) is 0 Å². The Morgan fingerprint density at radius 3 is 1.89 bits per heavy atom. The van der Waals surface area contributed by atoms with Gasteiger partial charge in [0.25, 0.3) is 0 Å². The largest absolute Gasteiger partial charge is 0.462 e. The second kappa shape index (κ2) is 18.2. The molecular weight excluding hydrogens is 344 g/mol. The molecule has 2 nitrogen and oxygen atoms in total. The molecule has 0 aliphatic carbocycles. The van der Waals surface area contributed by atoms with E-state index in [1.54, 1.807) is 12.1 Å². The third kappa shape index (κ3) is 13.9. The van der Waals surface area contributed by atoms with Gasteiger partial charge in [-0.05, 0) is 36.8 Å². The Morgan fingerprint density at radius 1 is 0.750 bits per heavy atom. The molecule has 0 bridgehead atoms. The Kier molecular flexibility index (Phi) is 15.5. The van der Waals surface area contributed by atoms with Crippen LogP contribution >= 0.6 is 0 Å². The van der Waals surface area contributed by atoms with Crippen molar-refractivity contribution in [2.75, 3.05) is 6.61 Å². The van der Waals surface area contributed by atoms with E-state index in [-0.39, 0.29) is 5.97 Å². The van der Waals surface area contributed by atoms with Crippen molar-refractivity contribution in [1.82, 2.24) is 0 Å². The van der Waals surface area contributed by atoms with Gasteiger partial charge in [0.15, 0.2) is 0 Å². The normalized spacial score (nSPS) is 9.75. The molecule has 2 heteroatoms. The van der Waals surface area contributed by atoms with Gasteiger partial charge >= 0.3 is 5.97 Å². The van der Waals surface area contributed by atoms with E-state index < -0.39 is 0 Å². The first-order valence-electron chi connectivity index (χ1n) is 11.0. The van der Waals surface area contributed by atoms with Crippen LogP contribution in [0.2, 0.25) is 0 Å². The number of esters is 1. The topological polar surface area (TPSA) is 26.3 Å². The monoisotopic (exact) mass is 380 g/mol. The average molecular weight is 381 g/mol. The fourth-order valence-electron chi connectivity index (χ4n) is 2.90. The molecule has 0 spiro atoms. The fraction of sp³-hybridized carbons (Fsp3) is 0.577. The van der Waals surface area contributed by atoms with E-state index in [0.717, 1.165) is 12.8 Å². The standard InChI is InChI=1S/C26H36O2/c1-2-3-4-5-6-7-8-9-10-11-12-13-14-15-16-17-21-24-28-26(27)25-22-19-18-20-23-25/h18-20,22-23H,2-12,17,21,24H2,1H3. The maximum atomic E-state index is 11.7. The van der Waals surface area contributed by atoms with Gasteiger partial charge in [0.2, 0.25) is 0 Å². The van der Waals surface area contributed by atoms with Crippen LogP contribution in [-0.2, 0) is 4.74 Å². The van der Waals surface area contributed by atoms with Crippen molar-refractivity contribution in [1.29, 1.82) is 0 Å². The van der Waals surface area contributed by atoms with Crippen LogP contribution in [0.3, 0.4) is 0 Å². The van der Waals surface area contributed by atoms with Crippen molar-refractivity contribution >= 4 is 5.97 Å². The van der Waals surface area contributed by atoms with Gasteiger partial charge in [-0.1, -0.05) is 94.8 Å². The molecule has 1 rings (SSSR count). The molecule has 1 aromatic carbocycles.